The fourth-order valence-electron chi connectivity index (χ4n) is 2.85. The highest BCUT2D eigenvalue weighted by molar-refractivity contribution is 6.31. The van der Waals surface area contributed by atoms with Crippen molar-refractivity contribution in [2.45, 2.75) is 18.5 Å². The van der Waals surface area contributed by atoms with Crippen molar-refractivity contribution in [3.8, 4) is 0 Å². The molecule has 1 N–H and O–H groups in total. The Hall–Kier alpha value is -1.84. The van der Waals surface area contributed by atoms with Crippen LogP contribution >= 0.6 is 23.2 Å². The van der Waals surface area contributed by atoms with Crippen molar-refractivity contribution in [1.29, 1.82) is 0 Å². The lowest BCUT2D eigenvalue weighted by atomic mass is 9.99. The van der Waals surface area contributed by atoms with Gasteiger partial charge in [-0.15, -0.1) is 0 Å². The minimum atomic E-state index is -0.838. The summed E-state index contributed by atoms with van der Waals surface area (Å²) in [5.74, 6) is 0.688. The van der Waals surface area contributed by atoms with Crippen LogP contribution in [0.25, 0.3) is 5.70 Å². The summed E-state index contributed by atoms with van der Waals surface area (Å²) >= 11 is 13.0. The fourth-order valence-corrected chi connectivity index (χ4v) is 3.27. The highest BCUT2D eigenvalue weighted by Gasteiger charge is 2.38. The Morgan fingerprint density at radius 3 is 2.50 bits per heavy atom. The molecule has 1 heterocycles. The van der Waals surface area contributed by atoms with Gasteiger partial charge in [-0.3, -0.25) is 0 Å². The van der Waals surface area contributed by atoms with Gasteiger partial charge in [0.1, 0.15) is 6.61 Å². The van der Waals surface area contributed by atoms with E-state index in [4.69, 9.17) is 27.9 Å². The van der Waals surface area contributed by atoms with Crippen molar-refractivity contribution >= 4 is 34.6 Å². The van der Waals surface area contributed by atoms with E-state index >= 15 is 0 Å². The van der Waals surface area contributed by atoms with Gasteiger partial charge in [-0.2, -0.15) is 0 Å². The topological polar surface area (TPSA) is 24.5 Å². The molecule has 2 aromatic rings. The molecule has 0 saturated heterocycles. The number of anilines is 1. The molecule has 3 nitrogen and oxygen atoms in total. The van der Waals surface area contributed by atoms with E-state index in [9.17, 15) is 0 Å². The van der Waals surface area contributed by atoms with Crippen LogP contribution in [-0.4, -0.2) is 24.0 Å². The predicted molar refractivity (Wildman–Crippen MR) is 101 cm³/mol. The van der Waals surface area contributed by atoms with Crippen LogP contribution in [0.4, 0.5) is 5.69 Å². The van der Waals surface area contributed by atoms with E-state index in [1.165, 1.54) is 0 Å². The minimum absolute atomic E-state index is 0.452. The lowest BCUT2D eigenvalue weighted by Crippen LogP contribution is -2.38. The molecule has 0 saturated carbocycles. The van der Waals surface area contributed by atoms with Crippen molar-refractivity contribution in [3.63, 3.8) is 0 Å². The zero-order chi connectivity index (χ0) is 17.3. The SMILES string of the molecule is CN(C)C1=C(OCc2ccccc2)C(C)(Cl)Nc2ccc(Cl)cc21. The molecule has 0 aliphatic carbocycles. The van der Waals surface area contributed by atoms with Gasteiger partial charge >= 0.3 is 0 Å². The highest BCUT2D eigenvalue weighted by Crippen LogP contribution is 2.43. The summed E-state index contributed by atoms with van der Waals surface area (Å²) in [5.41, 5.74) is 3.94. The summed E-state index contributed by atoms with van der Waals surface area (Å²) in [7, 11) is 3.95. The number of nitrogens with zero attached hydrogens (tertiary/aromatic N) is 1. The van der Waals surface area contributed by atoms with Gasteiger partial charge in [0, 0.05) is 30.4 Å². The van der Waals surface area contributed by atoms with Gasteiger partial charge in [-0.05, 0) is 30.7 Å². The highest BCUT2D eigenvalue weighted by atomic mass is 35.5. The second-order valence-electron chi connectivity index (χ2n) is 6.16. The number of nitrogens with one attached hydrogen (secondary N) is 1. The Morgan fingerprint density at radius 1 is 1.12 bits per heavy atom. The van der Waals surface area contributed by atoms with Gasteiger partial charge in [0.2, 0.25) is 0 Å². The number of ether oxygens (including phenoxy) is 1. The molecular weight excluding hydrogens is 343 g/mol. The summed E-state index contributed by atoms with van der Waals surface area (Å²) in [5, 5.41) is 4.01. The summed E-state index contributed by atoms with van der Waals surface area (Å²) in [4.78, 5) is 1.17. The first-order chi connectivity index (χ1) is 11.4. The van der Waals surface area contributed by atoms with Crippen LogP contribution in [0, 0.1) is 0 Å². The summed E-state index contributed by atoms with van der Waals surface area (Å²) in [6, 6.07) is 15.8. The van der Waals surface area contributed by atoms with Gasteiger partial charge < -0.3 is 15.0 Å². The maximum atomic E-state index is 6.76. The third-order valence-electron chi connectivity index (χ3n) is 3.92. The molecule has 0 fully saturated rings. The molecule has 0 spiro atoms. The number of alkyl halides is 1. The van der Waals surface area contributed by atoms with Crippen molar-refractivity contribution in [1.82, 2.24) is 4.90 Å². The first-order valence-corrected chi connectivity index (χ1v) is 8.50. The molecule has 126 valence electrons. The largest absolute Gasteiger partial charge is 0.487 e. The van der Waals surface area contributed by atoms with E-state index in [1.807, 2.05) is 74.4 Å². The van der Waals surface area contributed by atoms with Gasteiger partial charge in [0.15, 0.2) is 10.8 Å². The Balaban J connectivity index is 2.04. The van der Waals surface area contributed by atoms with Crippen LogP contribution in [0.3, 0.4) is 0 Å². The lowest BCUT2D eigenvalue weighted by molar-refractivity contribution is 0.176. The first-order valence-electron chi connectivity index (χ1n) is 7.74. The standard InChI is InChI=1S/C19H20Cl2N2O/c1-19(21)18(24-12-13-7-5-4-6-8-13)17(23(2)3)15-11-14(20)9-10-16(15)22-19/h4-11,22H,12H2,1-3H3. The maximum absolute atomic E-state index is 6.76. The third kappa shape index (κ3) is 3.33. The molecule has 1 aliphatic rings. The van der Waals surface area contributed by atoms with Gasteiger partial charge in [0.25, 0.3) is 0 Å². The van der Waals surface area contributed by atoms with E-state index < -0.39 is 5.00 Å². The Labute approximate surface area is 152 Å². The normalized spacial score (nSPS) is 19.5. The Bertz CT molecular complexity index is 770. The zero-order valence-electron chi connectivity index (χ0n) is 13.9. The molecule has 0 bridgehead atoms. The van der Waals surface area contributed by atoms with E-state index in [0.717, 1.165) is 22.5 Å². The van der Waals surface area contributed by atoms with Crippen molar-refractivity contribution in [2.75, 3.05) is 19.4 Å². The fraction of sp³-hybridized carbons (Fsp3) is 0.263. The Morgan fingerprint density at radius 2 is 1.83 bits per heavy atom. The maximum Gasteiger partial charge on any atom is 0.169 e. The van der Waals surface area contributed by atoms with Crippen LogP contribution in [0.5, 0.6) is 0 Å². The second-order valence-corrected chi connectivity index (χ2v) is 7.36. The number of hydrogen-bond donors (Lipinski definition) is 1. The molecule has 0 radical (unpaired) electrons. The van der Waals surface area contributed by atoms with Crippen LogP contribution in [0.2, 0.25) is 5.02 Å². The summed E-state index contributed by atoms with van der Waals surface area (Å²) in [6.07, 6.45) is 0. The minimum Gasteiger partial charge on any atom is -0.487 e. The molecule has 24 heavy (non-hydrogen) atoms. The van der Waals surface area contributed by atoms with Crippen molar-refractivity contribution < 1.29 is 4.74 Å². The summed E-state index contributed by atoms with van der Waals surface area (Å²) < 4.78 is 6.16. The molecule has 5 heteroatoms. The molecule has 3 rings (SSSR count). The molecule has 1 unspecified atom stereocenters. The van der Waals surface area contributed by atoms with Crippen molar-refractivity contribution in [2.24, 2.45) is 0 Å². The number of halogens is 2. The van der Waals surface area contributed by atoms with E-state index in [2.05, 4.69) is 5.32 Å². The van der Waals surface area contributed by atoms with Crippen molar-refractivity contribution in [3.05, 3.63) is 70.4 Å². The van der Waals surface area contributed by atoms with Crippen LogP contribution < -0.4 is 5.32 Å². The van der Waals surface area contributed by atoms with E-state index in [0.29, 0.717) is 17.4 Å². The van der Waals surface area contributed by atoms with Gasteiger partial charge in [-0.1, -0.05) is 53.5 Å². The van der Waals surface area contributed by atoms with Crippen LogP contribution in [-0.2, 0) is 11.3 Å². The predicted octanol–water partition coefficient (Wildman–Crippen LogP) is 5.17. The van der Waals surface area contributed by atoms with Crippen LogP contribution in [0.1, 0.15) is 18.1 Å². The smallest absolute Gasteiger partial charge is 0.169 e. The molecular formula is C19H20Cl2N2O. The first kappa shape index (κ1) is 17.0. The monoisotopic (exact) mass is 362 g/mol. The number of fused-ring (bicyclic) bond motifs is 1. The van der Waals surface area contributed by atoms with Crippen LogP contribution in [0.15, 0.2) is 54.3 Å². The van der Waals surface area contributed by atoms with E-state index in [1.54, 1.807) is 0 Å². The number of rotatable bonds is 4. The number of hydrogen-bond acceptors (Lipinski definition) is 3. The zero-order valence-corrected chi connectivity index (χ0v) is 15.4. The molecule has 0 aromatic heterocycles. The molecule has 0 amide bonds. The number of benzene rings is 2. The molecule has 2 aromatic carbocycles. The summed E-state index contributed by atoms with van der Waals surface area (Å²) in [6.45, 7) is 2.35. The van der Waals surface area contributed by atoms with Gasteiger partial charge in [-0.25, -0.2) is 0 Å². The van der Waals surface area contributed by atoms with Gasteiger partial charge in [0.05, 0.1) is 5.70 Å². The average Bonchev–Trinajstić information content (AvgIpc) is 2.53. The Kier molecular flexibility index (Phi) is 4.66. The quantitative estimate of drug-likeness (QED) is 0.599. The third-order valence-corrected chi connectivity index (χ3v) is 4.42. The average molecular weight is 363 g/mol. The van der Waals surface area contributed by atoms with E-state index in [-0.39, 0.29) is 0 Å². The lowest BCUT2D eigenvalue weighted by Gasteiger charge is -2.37. The molecule has 1 atom stereocenters. The second kappa shape index (κ2) is 6.58. The molecule has 1 aliphatic heterocycles.